The number of anilines is 2. The van der Waals surface area contributed by atoms with Crippen molar-refractivity contribution >= 4 is 28.9 Å². The molecule has 3 aromatic rings. The van der Waals surface area contributed by atoms with Crippen LogP contribution >= 0.6 is 0 Å². The van der Waals surface area contributed by atoms with Crippen molar-refractivity contribution < 1.29 is 14.5 Å². The summed E-state index contributed by atoms with van der Waals surface area (Å²) in [6, 6.07) is 9.99. The zero-order valence-electron chi connectivity index (χ0n) is 22.1. The second kappa shape index (κ2) is 10.2. The molecule has 1 aromatic heterocycles. The number of hydrogen-bond acceptors (Lipinski definition) is 4. The number of aromatic nitrogens is 1. The number of nitro groups is 1. The number of carbonyl (C=O) groups is 2. The first kappa shape index (κ1) is 26.1. The van der Waals surface area contributed by atoms with Crippen LogP contribution in [0.1, 0.15) is 82.9 Å². The Morgan fingerprint density at radius 1 is 0.838 bits per heavy atom. The number of benzene rings is 2. The molecule has 1 aliphatic carbocycles. The van der Waals surface area contributed by atoms with Crippen LogP contribution in [-0.2, 0) is 10.2 Å². The molecule has 1 saturated carbocycles. The van der Waals surface area contributed by atoms with Gasteiger partial charge in [0.25, 0.3) is 11.6 Å². The Morgan fingerprint density at radius 3 is 1.76 bits per heavy atom. The first-order valence-electron chi connectivity index (χ1n) is 12.7. The Bertz CT molecular complexity index is 1340. The molecular weight excluding hydrogens is 468 g/mol. The second-order valence-electron chi connectivity index (χ2n) is 10.3. The summed E-state index contributed by atoms with van der Waals surface area (Å²) < 4.78 is 0. The topological polar surface area (TPSA) is 117 Å². The fourth-order valence-electron chi connectivity index (χ4n) is 5.75. The lowest BCUT2D eigenvalue weighted by molar-refractivity contribution is -0.384. The van der Waals surface area contributed by atoms with Gasteiger partial charge in [0.15, 0.2) is 0 Å². The minimum atomic E-state index is -0.533. The molecule has 4 rings (SSSR count). The highest BCUT2D eigenvalue weighted by Gasteiger charge is 2.37. The van der Waals surface area contributed by atoms with E-state index in [2.05, 4.69) is 39.9 Å². The Morgan fingerprint density at radius 2 is 1.32 bits per heavy atom. The van der Waals surface area contributed by atoms with Gasteiger partial charge in [0.05, 0.1) is 11.1 Å². The minimum absolute atomic E-state index is 0.0795. The van der Waals surface area contributed by atoms with Crippen molar-refractivity contribution in [3.05, 3.63) is 85.7 Å². The quantitative estimate of drug-likeness (QED) is 0.259. The third-order valence-corrected chi connectivity index (χ3v) is 7.54. The maximum Gasteiger partial charge on any atom is 0.287 e. The van der Waals surface area contributed by atoms with E-state index < -0.39 is 10.8 Å². The number of amides is 2. The van der Waals surface area contributed by atoms with Crippen LogP contribution in [0.25, 0.3) is 0 Å². The fraction of sp³-hybridized carbons (Fsp3) is 0.379. The van der Waals surface area contributed by atoms with E-state index in [1.54, 1.807) is 0 Å². The lowest BCUT2D eigenvalue weighted by atomic mass is 9.64. The molecule has 194 valence electrons. The number of rotatable bonds is 6. The van der Waals surface area contributed by atoms with Crippen LogP contribution in [-0.4, -0.2) is 21.7 Å². The Balaban J connectivity index is 1.72. The zero-order valence-corrected chi connectivity index (χ0v) is 22.1. The first-order valence-corrected chi connectivity index (χ1v) is 12.7. The van der Waals surface area contributed by atoms with Crippen molar-refractivity contribution in [3.8, 4) is 0 Å². The molecule has 0 saturated heterocycles. The summed E-state index contributed by atoms with van der Waals surface area (Å²) in [6.45, 7) is 9.57. The van der Waals surface area contributed by atoms with Crippen LogP contribution in [0.2, 0.25) is 0 Å². The molecule has 3 N–H and O–H groups in total. The highest BCUT2D eigenvalue weighted by atomic mass is 16.6. The van der Waals surface area contributed by atoms with E-state index in [1.165, 1.54) is 36.7 Å². The number of aryl methyl sites for hydroxylation is 4. The molecule has 0 unspecified atom stereocenters. The largest absolute Gasteiger partial charge is 0.351 e. The van der Waals surface area contributed by atoms with Crippen molar-refractivity contribution in [3.63, 3.8) is 0 Å². The number of aromatic amines is 1. The van der Waals surface area contributed by atoms with Gasteiger partial charge in [-0.2, -0.15) is 0 Å². The average molecular weight is 503 g/mol. The fourth-order valence-corrected chi connectivity index (χ4v) is 5.75. The molecule has 1 fully saturated rings. The van der Waals surface area contributed by atoms with Crippen molar-refractivity contribution in [2.45, 2.75) is 72.1 Å². The highest BCUT2D eigenvalue weighted by molar-refractivity contribution is 6.04. The lowest BCUT2D eigenvalue weighted by Crippen LogP contribution is -2.31. The molecule has 0 bridgehead atoms. The van der Waals surface area contributed by atoms with Gasteiger partial charge in [-0.1, -0.05) is 43.5 Å². The third-order valence-electron chi connectivity index (χ3n) is 7.54. The summed E-state index contributed by atoms with van der Waals surface area (Å²) in [5, 5.41) is 16.9. The van der Waals surface area contributed by atoms with E-state index in [4.69, 9.17) is 0 Å². The molecule has 2 amide bonds. The average Bonchev–Trinajstić information content (AvgIpc) is 3.34. The SMILES string of the molecule is CC(=O)Nc1c(C)cc(C2(c3cc(C)c(NC(=O)c4cc([N+](=O)[O-])c[nH]4)c(C)c3)CCCCC2)cc1C. The molecule has 8 heteroatoms. The van der Waals surface area contributed by atoms with Crippen molar-refractivity contribution in [1.29, 1.82) is 0 Å². The van der Waals surface area contributed by atoms with Crippen molar-refractivity contribution in [2.75, 3.05) is 10.6 Å². The van der Waals surface area contributed by atoms with Gasteiger partial charge in [-0.05, 0) is 73.9 Å². The van der Waals surface area contributed by atoms with Crippen LogP contribution in [0, 0.1) is 37.8 Å². The molecule has 8 nitrogen and oxygen atoms in total. The highest BCUT2D eigenvalue weighted by Crippen LogP contribution is 2.47. The summed E-state index contributed by atoms with van der Waals surface area (Å²) in [5.74, 6) is -0.497. The molecule has 0 spiro atoms. The first-order chi connectivity index (χ1) is 17.5. The normalized spacial score (nSPS) is 14.7. The van der Waals surface area contributed by atoms with Crippen LogP contribution in [0.3, 0.4) is 0 Å². The smallest absolute Gasteiger partial charge is 0.287 e. The van der Waals surface area contributed by atoms with Crippen molar-refractivity contribution in [2.24, 2.45) is 0 Å². The summed E-state index contributed by atoms with van der Waals surface area (Å²) in [5.41, 5.74) is 7.89. The summed E-state index contributed by atoms with van der Waals surface area (Å²) in [7, 11) is 0. The Hall–Kier alpha value is -3.94. The predicted octanol–water partition coefficient (Wildman–Crippen LogP) is 6.62. The predicted molar refractivity (Wildman–Crippen MR) is 145 cm³/mol. The monoisotopic (exact) mass is 502 g/mol. The number of nitrogens with one attached hydrogen (secondary N) is 3. The van der Waals surface area contributed by atoms with E-state index in [0.717, 1.165) is 53.6 Å². The zero-order chi connectivity index (χ0) is 26.9. The molecule has 0 radical (unpaired) electrons. The maximum absolute atomic E-state index is 12.8. The van der Waals surface area contributed by atoms with E-state index in [0.29, 0.717) is 5.69 Å². The van der Waals surface area contributed by atoms with Gasteiger partial charge < -0.3 is 15.6 Å². The van der Waals surface area contributed by atoms with Gasteiger partial charge in [0, 0.05) is 29.8 Å². The molecule has 1 heterocycles. The lowest BCUT2D eigenvalue weighted by Gasteiger charge is -2.40. The van der Waals surface area contributed by atoms with E-state index in [9.17, 15) is 19.7 Å². The van der Waals surface area contributed by atoms with Gasteiger partial charge in [0.2, 0.25) is 5.91 Å². The molecular formula is C29H34N4O4. The standard InChI is InChI=1S/C29H34N4O4/c1-17-11-22(12-18(2)26(17)31-21(5)34)29(9-7-6-8-10-29)23-13-19(3)27(20(4)14-23)32-28(35)25-15-24(16-30-25)33(36)37/h11-16,30H,6-10H2,1-5H3,(H,31,34)(H,32,35). The molecule has 37 heavy (non-hydrogen) atoms. The number of carbonyl (C=O) groups excluding carboxylic acids is 2. The van der Waals surface area contributed by atoms with Gasteiger partial charge in [-0.15, -0.1) is 0 Å². The summed E-state index contributed by atoms with van der Waals surface area (Å²) >= 11 is 0. The minimum Gasteiger partial charge on any atom is -0.351 e. The summed E-state index contributed by atoms with van der Waals surface area (Å²) in [6.07, 6.45) is 6.75. The maximum atomic E-state index is 12.8. The molecule has 2 aromatic carbocycles. The molecule has 1 aliphatic rings. The Labute approximate surface area is 217 Å². The van der Waals surface area contributed by atoms with Crippen LogP contribution in [0.5, 0.6) is 0 Å². The van der Waals surface area contributed by atoms with Gasteiger partial charge in [-0.3, -0.25) is 19.7 Å². The summed E-state index contributed by atoms with van der Waals surface area (Å²) in [4.78, 5) is 37.7. The Kier molecular flexibility index (Phi) is 7.21. The van der Waals surface area contributed by atoms with Crippen LogP contribution < -0.4 is 10.6 Å². The second-order valence-corrected chi connectivity index (χ2v) is 10.3. The van der Waals surface area contributed by atoms with Crippen molar-refractivity contribution in [1.82, 2.24) is 4.98 Å². The van der Waals surface area contributed by atoms with Gasteiger partial charge in [-0.25, -0.2) is 0 Å². The van der Waals surface area contributed by atoms with Crippen LogP contribution in [0.15, 0.2) is 36.5 Å². The van der Waals surface area contributed by atoms with Crippen LogP contribution in [0.4, 0.5) is 17.1 Å². The van der Waals surface area contributed by atoms with E-state index in [1.807, 2.05) is 27.7 Å². The molecule has 0 atom stereocenters. The number of nitrogens with zero attached hydrogens (tertiary/aromatic N) is 1. The number of hydrogen-bond donors (Lipinski definition) is 3. The van der Waals surface area contributed by atoms with Gasteiger partial charge >= 0.3 is 0 Å². The van der Waals surface area contributed by atoms with E-state index in [-0.39, 0.29) is 22.7 Å². The number of H-pyrrole nitrogens is 1. The van der Waals surface area contributed by atoms with Gasteiger partial charge in [0.1, 0.15) is 5.69 Å². The third kappa shape index (κ3) is 5.14. The van der Waals surface area contributed by atoms with E-state index >= 15 is 0 Å². The molecule has 0 aliphatic heterocycles.